The maximum atomic E-state index is 13.8. The Bertz CT molecular complexity index is 831. The van der Waals surface area contributed by atoms with E-state index in [1.807, 2.05) is 24.3 Å². The summed E-state index contributed by atoms with van der Waals surface area (Å²) in [6.45, 7) is 3.50. The van der Waals surface area contributed by atoms with Crippen molar-refractivity contribution in [2.75, 3.05) is 23.3 Å². The Morgan fingerprint density at radius 2 is 1.79 bits per heavy atom. The zero-order valence-electron chi connectivity index (χ0n) is 15.6. The molecule has 148 valence electrons. The van der Waals surface area contributed by atoms with Gasteiger partial charge in [0.1, 0.15) is 11.4 Å². The molecule has 5 nitrogen and oxygen atoms in total. The SMILES string of the molecule is C[C@@H](OC(=O)c1c(F)cccc1Cl)C(=O)Nc1ccc(N2CCCCC2)cc1. The predicted octanol–water partition coefficient (Wildman–Crippen LogP) is 4.65. The van der Waals surface area contributed by atoms with E-state index in [1.54, 1.807) is 0 Å². The van der Waals surface area contributed by atoms with E-state index >= 15 is 0 Å². The Hall–Kier alpha value is -2.60. The Balaban J connectivity index is 1.58. The first-order valence-electron chi connectivity index (χ1n) is 9.26. The molecule has 1 N–H and O–H groups in total. The van der Waals surface area contributed by atoms with Crippen LogP contribution in [-0.2, 0) is 9.53 Å². The van der Waals surface area contributed by atoms with Crippen molar-refractivity contribution in [3.05, 3.63) is 58.9 Å². The molecule has 2 aromatic carbocycles. The van der Waals surface area contributed by atoms with Gasteiger partial charge in [0.05, 0.1) is 5.02 Å². The second kappa shape index (κ2) is 9.06. The molecule has 0 saturated carbocycles. The topological polar surface area (TPSA) is 58.6 Å². The second-order valence-electron chi connectivity index (χ2n) is 6.73. The van der Waals surface area contributed by atoms with Crippen molar-refractivity contribution in [1.82, 2.24) is 0 Å². The van der Waals surface area contributed by atoms with Crippen LogP contribution < -0.4 is 10.2 Å². The molecule has 0 radical (unpaired) electrons. The molecule has 1 aliphatic rings. The van der Waals surface area contributed by atoms with E-state index in [-0.39, 0.29) is 10.6 Å². The number of nitrogens with zero attached hydrogens (tertiary/aromatic N) is 1. The molecule has 1 amide bonds. The van der Waals surface area contributed by atoms with E-state index in [2.05, 4.69) is 10.2 Å². The number of ether oxygens (including phenoxy) is 1. The molecule has 3 rings (SSSR count). The van der Waals surface area contributed by atoms with Crippen molar-refractivity contribution in [2.45, 2.75) is 32.3 Å². The number of hydrogen-bond acceptors (Lipinski definition) is 4. The first kappa shape index (κ1) is 20.1. The molecule has 0 unspecified atom stereocenters. The van der Waals surface area contributed by atoms with Gasteiger partial charge in [-0.05, 0) is 62.6 Å². The van der Waals surface area contributed by atoms with Crippen LogP contribution in [0.3, 0.4) is 0 Å². The first-order chi connectivity index (χ1) is 13.5. The number of hydrogen-bond donors (Lipinski definition) is 1. The molecule has 0 bridgehead atoms. The Labute approximate surface area is 168 Å². The summed E-state index contributed by atoms with van der Waals surface area (Å²) in [4.78, 5) is 26.8. The number of esters is 1. The average Bonchev–Trinajstić information content (AvgIpc) is 2.69. The Kier molecular flexibility index (Phi) is 6.52. The molecule has 1 atom stereocenters. The van der Waals surface area contributed by atoms with Gasteiger partial charge in [0, 0.05) is 24.5 Å². The number of anilines is 2. The highest BCUT2D eigenvalue weighted by atomic mass is 35.5. The fourth-order valence-electron chi connectivity index (χ4n) is 3.12. The summed E-state index contributed by atoms with van der Waals surface area (Å²) < 4.78 is 18.9. The normalized spacial score (nSPS) is 15.0. The fourth-order valence-corrected chi connectivity index (χ4v) is 3.36. The molecule has 0 spiro atoms. The molecule has 0 aliphatic carbocycles. The van der Waals surface area contributed by atoms with Crippen molar-refractivity contribution >= 4 is 34.9 Å². The van der Waals surface area contributed by atoms with Gasteiger partial charge in [0.25, 0.3) is 5.91 Å². The second-order valence-corrected chi connectivity index (χ2v) is 7.14. The van der Waals surface area contributed by atoms with Gasteiger partial charge >= 0.3 is 5.97 Å². The van der Waals surface area contributed by atoms with E-state index in [0.717, 1.165) is 24.8 Å². The van der Waals surface area contributed by atoms with Crippen molar-refractivity contribution in [2.24, 2.45) is 0 Å². The van der Waals surface area contributed by atoms with Crippen LogP contribution in [-0.4, -0.2) is 31.1 Å². The molecule has 28 heavy (non-hydrogen) atoms. The Morgan fingerprint density at radius 1 is 1.11 bits per heavy atom. The van der Waals surface area contributed by atoms with Gasteiger partial charge in [-0.25, -0.2) is 9.18 Å². The first-order valence-corrected chi connectivity index (χ1v) is 9.64. The van der Waals surface area contributed by atoms with Crippen LogP contribution in [0.4, 0.5) is 15.8 Å². The summed E-state index contributed by atoms with van der Waals surface area (Å²) in [5, 5.41) is 2.63. The molecular weight excluding hydrogens is 383 g/mol. The summed E-state index contributed by atoms with van der Waals surface area (Å²) in [5.74, 6) is -2.28. The van der Waals surface area contributed by atoms with Gasteiger partial charge in [-0.1, -0.05) is 17.7 Å². The minimum atomic E-state index is -1.11. The standard InChI is InChI=1S/C21H22ClFN2O3/c1-14(28-21(27)19-17(22)6-5-7-18(19)23)20(26)24-15-8-10-16(11-9-15)25-12-3-2-4-13-25/h5-11,14H,2-4,12-13H2,1H3,(H,24,26)/t14-/m1/s1. The maximum absolute atomic E-state index is 13.8. The fraction of sp³-hybridized carbons (Fsp3) is 0.333. The highest BCUT2D eigenvalue weighted by molar-refractivity contribution is 6.33. The molecule has 1 fully saturated rings. The van der Waals surface area contributed by atoms with Crippen LogP contribution in [0, 0.1) is 5.82 Å². The van der Waals surface area contributed by atoms with E-state index in [4.69, 9.17) is 16.3 Å². The van der Waals surface area contributed by atoms with Crippen molar-refractivity contribution in [1.29, 1.82) is 0 Å². The third-order valence-corrected chi connectivity index (χ3v) is 4.99. The number of benzene rings is 2. The lowest BCUT2D eigenvalue weighted by Crippen LogP contribution is -2.30. The smallest absolute Gasteiger partial charge is 0.343 e. The van der Waals surface area contributed by atoms with Gasteiger partial charge in [0.2, 0.25) is 0 Å². The van der Waals surface area contributed by atoms with Crippen LogP contribution in [0.25, 0.3) is 0 Å². The summed E-state index contributed by atoms with van der Waals surface area (Å²) in [7, 11) is 0. The van der Waals surface area contributed by atoms with Gasteiger partial charge in [-0.3, -0.25) is 4.79 Å². The zero-order chi connectivity index (χ0) is 20.1. The molecule has 2 aromatic rings. The van der Waals surface area contributed by atoms with E-state index in [9.17, 15) is 14.0 Å². The van der Waals surface area contributed by atoms with Gasteiger partial charge in [0.15, 0.2) is 6.10 Å². The van der Waals surface area contributed by atoms with Crippen LogP contribution in [0.15, 0.2) is 42.5 Å². The monoisotopic (exact) mass is 404 g/mol. The molecule has 1 heterocycles. The number of carbonyl (C=O) groups is 2. The average molecular weight is 405 g/mol. The Morgan fingerprint density at radius 3 is 2.43 bits per heavy atom. The number of amides is 1. The van der Waals surface area contributed by atoms with Gasteiger partial charge < -0.3 is 15.0 Å². The summed E-state index contributed by atoms with van der Waals surface area (Å²) >= 11 is 5.85. The largest absolute Gasteiger partial charge is 0.449 e. The molecular formula is C21H22ClFN2O3. The molecule has 1 saturated heterocycles. The minimum absolute atomic E-state index is 0.0640. The molecule has 0 aromatic heterocycles. The highest BCUT2D eigenvalue weighted by Gasteiger charge is 2.23. The quantitative estimate of drug-likeness (QED) is 0.737. The lowest BCUT2D eigenvalue weighted by molar-refractivity contribution is -0.123. The lowest BCUT2D eigenvalue weighted by Gasteiger charge is -2.28. The third-order valence-electron chi connectivity index (χ3n) is 4.68. The van der Waals surface area contributed by atoms with Crippen molar-refractivity contribution in [3.8, 4) is 0 Å². The van der Waals surface area contributed by atoms with E-state index in [0.29, 0.717) is 5.69 Å². The van der Waals surface area contributed by atoms with Crippen molar-refractivity contribution in [3.63, 3.8) is 0 Å². The third kappa shape index (κ3) is 4.81. The van der Waals surface area contributed by atoms with E-state index in [1.165, 1.54) is 38.3 Å². The predicted molar refractivity (Wildman–Crippen MR) is 107 cm³/mol. The summed E-state index contributed by atoms with van der Waals surface area (Å²) in [6.07, 6.45) is 2.53. The van der Waals surface area contributed by atoms with Gasteiger partial charge in [-0.2, -0.15) is 0 Å². The van der Waals surface area contributed by atoms with Crippen LogP contribution >= 0.6 is 11.6 Å². The minimum Gasteiger partial charge on any atom is -0.449 e. The number of piperidine rings is 1. The zero-order valence-corrected chi connectivity index (χ0v) is 16.3. The highest BCUT2D eigenvalue weighted by Crippen LogP contribution is 2.23. The van der Waals surface area contributed by atoms with Crippen LogP contribution in [0.5, 0.6) is 0 Å². The maximum Gasteiger partial charge on any atom is 0.343 e. The molecule has 7 heteroatoms. The van der Waals surface area contributed by atoms with E-state index < -0.39 is 23.8 Å². The summed E-state index contributed by atoms with van der Waals surface area (Å²) in [5.41, 5.74) is 1.33. The van der Waals surface area contributed by atoms with Crippen LogP contribution in [0.2, 0.25) is 5.02 Å². The summed E-state index contributed by atoms with van der Waals surface area (Å²) in [6, 6.07) is 11.4. The molecule has 1 aliphatic heterocycles. The van der Waals surface area contributed by atoms with Crippen molar-refractivity contribution < 1.29 is 18.7 Å². The van der Waals surface area contributed by atoms with Gasteiger partial charge in [-0.15, -0.1) is 0 Å². The number of halogens is 2. The lowest BCUT2D eigenvalue weighted by atomic mass is 10.1. The van der Waals surface area contributed by atoms with Crippen LogP contribution in [0.1, 0.15) is 36.5 Å². The number of rotatable bonds is 5. The number of carbonyl (C=O) groups excluding carboxylic acids is 2. The number of nitrogens with one attached hydrogen (secondary N) is 1.